The average molecular weight is 326 g/mol. The van der Waals surface area contributed by atoms with Crippen LogP contribution < -0.4 is 5.56 Å². The maximum Gasteiger partial charge on any atom is 0.260 e. The SMILES string of the molecule is C#CCSc1nc2scc(-c3ccc(C)c(C)c3)c2c(=O)[nH]1. The van der Waals surface area contributed by atoms with Gasteiger partial charge in [-0.2, -0.15) is 0 Å². The van der Waals surface area contributed by atoms with Crippen LogP contribution in [0.1, 0.15) is 11.1 Å². The van der Waals surface area contributed by atoms with Crippen molar-refractivity contribution in [2.75, 3.05) is 5.75 Å². The lowest BCUT2D eigenvalue weighted by molar-refractivity contribution is 0.983. The van der Waals surface area contributed by atoms with Crippen molar-refractivity contribution in [1.29, 1.82) is 0 Å². The van der Waals surface area contributed by atoms with Gasteiger partial charge in [-0.25, -0.2) is 4.98 Å². The summed E-state index contributed by atoms with van der Waals surface area (Å²) in [5, 5.41) is 3.22. The number of hydrogen-bond acceptors (Lipinski definition) is 4. The van der Waals surface area contributed by atoms with Gasteiger partial charge in [0.05, 0.1) is 11.1 Å². The number of fused-ring (bicyclic) bond motifs is 1. The van der Waals surface area contributed by atoms with E-state index in [0.29, 0.717) is 16.3 Å². The first-order chi connectivity index (χ1) is 10.6. The topological polar surface area (TPSA) is 45.8 Å². The molecule has 0 aliphatic carbocycles. The zero-order chi connectivity index (χ0) is 15.7. The van der Waals surface area contributed by atoms with Crippen LogP contribution in [0.2, 0.25) is 0 Å². The second kappa shape index (κ2) is 5.99. The quantitative estimate of drug-likeness (QED) is 0.450. The lowest BCUT2D eigenvalue weighted by Gasteiger charge is -2.04. The first kappa shape index (κ1) is 14.9. The number of aromatic nitrogens is 2. The van der Waals surface area contributed by atoms with Gasteiger partial charge >= 0.3 is 0 Å². The first-order valence-electron chi connectivity index (χ1n) is 6.75. The summed E-state index contributed by atoms with van der Waals surface area (Å²) in [6.45, 7) is 4.15. The maximum absolute atomic E-state index is 12.4. The zero-order valence-electron chi connectivity index (χ0n) is 12.3. The Morgan fingerprint density at radius 1 is 1.36 bits per heavy atom. The molecule has 0 bridgehead atoms. The third-order valence-electron chi connectivity index (χ3n) is 3.53. The molecule has 0 saturated carbocycles. The molecule has 22 heavy (non-hydrogen) atoms. The lowest BCUT2D eigenvalue weighted by Crippen LogP contribution is -2.08. The highest BCUT2D eigenvalue weighted by molar-refractivity contribution is 7.99. The molecule has 0 radical (unpaired) electrons. The fourth-order valence-corrected chi connectivity index (χ4v) is 3.78. The Hall–Kier alpha value is -2.03. The van der Waals surface area contributed by atoms with Crippen LogP contribution in [0.4, 0.5) is 0 Å². The number of hydrogen-bond donors (Lipinski definition) is 1. The number of H-pyrrole nitrogens is 1. The van der Waals surface area contributed by atoms with Crippen LogP contribution in [0.3, 0.4) is 0 Å². The van der Waals surface area contributed by atoms with Gasteiger partial charge in [-0.05, 0) is 30.5 Å². The molecular formula is C17H14N2OS2. The van der Waals surface area contributed by atoms with Crippen LogP contribution in [0, 0.1) is 26.2 Å². The Morgan fingerprint density at radius 2 is 2.18 bits per heavy atom. The van der Waals surface area contributed by atoms with E-state index in [9.17, 15) is 4.79 Å². The Kier molecular flexibility index (Phi) is 4.06. The van der Waals surface area contributed by atoms with Crippen LogP contribution >= 0.6 is 23.1 Å². The molecule has 0 aliphatic rings. The standard InChI is InChI=1S/C17H14N2OS2/c1-4-7-21-17-18-15(20)14-13(9-22-16(14)19-17)12-6-5-10(2)11(3)8-12/h1,5-6,8-9H,7H2,2-3H3,(H,18,19,20). The van der Waals surface area contributed by atoms with Crippen molar-refractivity contribution < 1.29 is 0 Å². The van der Waals surface area contributed by atoms with E-state index in [1.807, 2.05) is 11.4 Å². The minimum Gasteiger partial charge on any atom is -0.301 e. The molecule has 0 saturated heterocycles. The minimum absolute atomic E-state index is 0.112. The number of thiophene rings is 1. The monoisotopic (exact) mass is 326 g/mol. The molecule has 3 rings (SSSR count). The van der Waals surface area contributed by atoms with E-state index in [1.165, 1.54) is 34.2 Å². The normalized spacial score (nSPS) is 10.8. The number of aryl methyl sites for hydroxylation is 2. The highest BCUT2D eigenvalue weighted by atomic mass is 32.2. The van der Waals surface area contributed by atoms with E-state index in [1.54, 1.807) is 0 Å². The predicted molar refractivity (Wildman–Crippen MR) is 94.7 cm³/mol. The molecule has 5 heteroatoms. The number of thioether (sulfide) groups is 1. The molecule has 2 aromatic heterocycles. The van der Waals surface area contributed by atoms with Crippen molar-refractivity contribution in [2.24, 2.45) is 0 Å². The van der Waals surface area contributed by atoms with Gasteiger partial charge in [0.2, 0.25) is 0 Å². The lowest BCUT2D eigenvalue weighted by atomic mass is 10.0. The second-order valence-electron chi connectivity index (χ2n) is 4.99. The summed E-state index contributed by atoms with van der Waals surface area (Å²) < 4.78 is 0. The largest absolute Gasteiger partial charge is 0.301 e. The summed E-state index contributed by atoms with van der Waals surface area (Å²) in [7, 11) is 0. The van der Waals surface area contributed by atoms with Gasteiger partial charge in [0, 0.05) is 10.9 Å². The summed E-state index contributed by atoms with van der Waals surface area (Å²) in [6, 6.07) is 6.23. The van der Waals surface area contributed by atoms with Crippen LogP contribution in [-0.4, -0.2) is 15.7 Å². The molecule has 1 aromatic carbocycles. The molecule has 0 unspecified atom stereocenters. The molecule has 1 N–H and O–H groups in total. The fraction of sp³-hybridized carbons (Fsp3) is 0.176. The van der Waals surface area contributed by atoms with Crippen molar-refractivity contribution in [3.8, 4) is 23.5 Å². The molecule has 110 valence electrons. The Balaban J connectivity index is 2.14. The van der Waals surface area contributed by atoms with Crippen molar-refractivity contribution in [2.45, 2.75) is 19.0 Å². The van der Waals surface area contributed by atoms with E-state index in [0.717, 1.165) is 16.0 Å². The number of nitrogens with zero attached hydrogens (tertiary/aromatic N) is 1. The summed E-state index contributed by atoms with van der Waals surface area (Å²) in [5.74, 6) is 3.02. The molecular weight excluding hydrogens is 312 g/mol. The van der Waals surface area contributed by atoms with E-state index in [4.69, 9.17) is 6.42 Å². The van der Waals surface area contributed by atoms with E-state index >= 15 is 0 Å². The first-order valence-corrected chi connectivity index (χ1v) is 8.62. The van der Waals surface area contributed by atoms with E-state index in [2.05, 4.69) is 41.9 Å². The number of benzene rings is 1. The summed E-state index contributed by atoms with van der Waals surface area (Å²) in [6.07, 6.45) is 5.25. The Labute approximate surface area is 136 Å². The molecule has 0 amide bonds. The third kappa shape index (κ3) is 2.68. The maximum atomic E-state index is 12.4. The van der Waals surface area contributed by atoms with Crippen molar-refractivity contribution >= 4 is 33.3 Å². The van der Waals surface area contributed by atoms with Crippen molar-refractivity contribution in [1.82, 2.24) is 9.97 Å². The number of terminal acetylenes is 1. The highest BCUT2D eigenvalue weighted by Crippen LogP contribution is 2.32. The number of nitrogens with one attached hydrogen (secondary N) is 1. The van der Waals surface area contributed by atoms with Crippen molar-refractivity contribution in [3.63, 3.8) is 0 Å². The van der Waals surface area contributed by atoms with E-state index < -0.39 is 0 Å². The molecule has 3 nitrogen and oxygen atoms in total. The molecule has 3 aromatic rings. The summed E-state index contributed by atoms with van der Waals surface area (Å²) in [5.41, 5.74) is 4.32. The summed E-state index contributed by atoms with van der Waals surface area (Å²) in [4.78, 5) is 20.5. The molecule has 0 atom stereocenters. The molecule has 0 spiro atoms. The van der Waals surface area contributed by atoms with Crippen LogP contribution in [0.15, 0.2) is 33.5 Å². The van der Waals surface area contributed by atoms with Gasteiger partial charge < -0.3 is 4.98 Å². The summed E-state index contributed by atoms with van der Waals surface area (Å²) >= 11 is 2.85. The highest BCUT2D eigenvalue weighted by Gasteiger charge is 2.13. The average Bonchev–Trinajstić information content (AvgIpc) is 2.92. The number of aromatic amines is 1. The predicted octanol–water partition coefficient (Wildman–Crippen LogP) is 3.99. The molecule has 0 fully saturated rings. The van der Waals surface area contributed by atoms with Crippen LogP contribution in [0.25, 0.3) is 21.3 Å². The third-order valence-corrected chi connectivity index (χ3v) is 5.18. The van der Waals surface area contributed by atoms with Gasteiger partial charge in [0.1, 0.15) is 4.83 Å². The van der Waals surface area contributed by atoms with Gasteiger partial charge in [-0.15, -0.1) is 17.8 Å². The van der Waals surface area contributed by atoms with Gasteiger partial charge in [-0.3, -0.25) is 4.79 Å². The fourth-order valence-electron chi connectivity index (χ4n) is 2.23. The number of rotatable bonds is 3. The zero-order valence-corrected chi connectivity index (χ0v) is 13.9. The van der Waals surface area contributed by atoms with Crippen LogP contribution in [-0.2, 0) is 0 Å². The Bertz CT molecular complexity index is 947. The van der Waals surface area contributed by atoms with Gasteiger partial charge in [0.25, 0.3) is 5.56 Å². The second-order valence-corrected chi connectivity index (χ2v) is 6.81. The van der Waals surface area contributed by atoms with E-state index in [-0.39, 0.29) is 5.56 Å². The van der Waals surface area contributed by atoms with Gasteiger partial charge in [0.15, 0.2) is 5.16 Å². The molecule has 0 aliphatic heterocycles. The smallest absolute Gasteiger partial charge is 0.260 e. The molecule has 2 heterocycles. The van der Waals surface area contributed by atoms with Crippen LogP contribution in [0.5, 0.6) is 0 Å². The van der Waals surface area contributed by atoms with Gasteiger partial charge in [-0.1, -0.05) is 35.9 Å². The Morgan fingerprint density at radius 3 is 2.91 bits per heavy atom. The van der Waals surface area contributed by atoms with Crippen molar-refractivity contribution in [3.05, 3.63) is 45.1 Å². The minimum atomic E-state index is -0.112.